The van der Waals surface area contributed by atoms with Gasteiger partial charge in [-0.2, -0.15) is 0 Å². The van der Waals surface area contributed by atoms with Gasteiger partial charge < -0.3 is 0 Å². The molecule has 88 valence electrons. The quantitative estimate of drug-likeness (QED) is 0.709. The summed E-state index contributed by atoms with van der Waals surface area (Å²) in [6.45, 7) is 0. The highest BCUT2D eigenvalue weighted by atomic mass is 14.7. The standard InChI is InChI=1S/C16H19N/c1-2-8-14(9-3-1)16-11-10-15(12-17-16)13-6-4-5-7-13/h1-3,8-9,12-13H,4-7,10-11H2. The molecule has 0 saturated heterocycles. The SMILES string of the molecule is C1=C(C2CCCC2)CCC(c2ccccc2)=N1. The lowest BCUT2D eigenvalue weighted by molar-refractivity contribution is 0.609. The zero-order valence-corrected chi connectivity index (χ0v) is 10.2. The van der Waals surface area contributed by atoms with E-state index in [1.54, 1.807) is 5.57 Å². The fourth-order valence-electron chi connectivity index (χ4n) is 3.01. The molecule has 2 aliphatic rings. The van der Waals surface area contributed by atoms with Crippen LogP contribution < -0.4 is 0 Å². The minimum atomic E-state index is 0.844. The van der Waals surface area contributed by atoms with Crippen LogP contribution in [0.3, 0.4) is 0 Å². The Kier molecular flexibility index (Phi) is 3.08. The van der Waals surface area contributed by atoms with Crippen LogP contribution in [0, 0.1) is 5.92 Å². The number of benzene rings is 1. The summed E-state index contributed by atoms with van der Waals surface area (Å²) in [4.78, 5) is 4.68. The molecule has 0 atom stereocenters. The van der Waals surface area contributed by atoms with Crippen LogP contribution in [0.5, 0.6) is 0 Å². The topological polar surface area (TPSA) is 12.4 Å². The Morgan fingerprint density at radius 1 is 0.941 bits per heavy atom. The summed E-state index contributed by atoms with van der Waals surface area (Å²) in [6.07, 6.45) is 10.1. The molecular formula is C16H19N. The van der Waals surface area contributed by atoms with E-state index in [0.717, 1.165) is 12.3 Å². The van der Waals surface area contributed by atoms with E-state index >= 15 is 0 Å². The molecule has 3 rings (SSSR count). The summed E-state index contributed by atoms with van der Waals surface area (Å²) in [5, 5.41) is 0. The van der Waals surface area contributed by atoms with Crippen molar-refractivity contribution in [2.24, 2.45) is 10.9 Å². The van der Waals surface area contributed by atoms with Crippen LogP contribution in [-0.4, -0.2) is 5.71 Å². The van der Waals surface area contributed by atoms with Crippen LogP contribution in [0.1, 0.15) is 44.1 Å². The molecule has 1 aromatic carbocycles. The van der Waals surface area contributed by atoms with Gasteiger partial charge in [0, 0.05) is 11.9 Å². The minimum Gasteiger partial charge on any atom is -0.261 e. The van der Waals surface area contributed by atoms with E-state index in [0.29, 0.717) is 0 Å². The van der Waals surface area contributed by atoms with E-state index in [1.807, 2.05) is 0 Å². The average Bonchev–Trinajstić information content (AvgIpc) is 2.94. The largest absolute Gasteiger partial charge is 0.261 e. The normalized spacial score (nSPS) is 21.2. The Morgan fingerprint density at radius 2 is 1.71 bits per heavy atom. The molecule has 1 nitrogen and oxygen atoms in total. The Hall–Kier alpha value is -1.37. The van der Waals surface area contributed by atoms with Crippen molar-refractivity contribution in [2.75, 3.05) is 0 Å². The van der Waals surface area contributed by atoms with Crippen LogP contribution >= 0.6 is 0 Å². The molecule has 1 aliphatic carbocycles. The van der Waals surface area contributed by atoms with Crippen LogP contribution in [0.15, 0.2) is 47.1 Å². The molecule has 0 radical (unpaired) electrons. The number of hydrogen-bond donors (Lipinski definition) is 0. The Morgan fingerprint density at radius 3 is 2.35 bits per heavy atom. The molecule has 0 unspecified atom stereocenters. The van der Waals surface area contributed by atoms with E-state index in [1.165, 1.54) is 43.4 Å². The molecule has 1 heterocycles. The number of allylic oxidation sites excluding steroid dienone is 1. The number of hydrogen-bond acceptors (Lipinski definition) is 1. The third-order valence-electron chi connectivity index (χ3n) is 4.02. The van der Waals surface area contributed by atoms with E-state index in [4.69, 9.17) is 0 Å². The van der Waals surface area contributed by atoms with Crippen molar-refractivity contribution in [3.8, 4) is 0 Å². The van der Waals surface area contributed by atoms with Gasteiger partial charge in [0.1, 0.15) is 0 Å². The highest BCUT2D eigenvalue weighted by Gasteiger charge is 2.21. The van der Waals surface area contributed by atoms with Gasteiger partial charge in [-0.15, -0.1) is 0 Å². The number of nitrogens with zero attached hydrogens (tertiary/aromatic N) is 1. The van der Waals surface area contributed by atoms with Crippen molar-refractivity contribution in [3.05, 3.63) is 47.7 Å². The molecular weight excluding hydrogens is 206 g/mol. The van der Waals surface area contributed by atoms with Gasteiger partial charge in [0.25, 0.3) is 0 Å². The lowest BCUT2D eigenvalue weighted by atomic mass is 9.90. The van der Waals surface area contributed by atoms with Crippen molar-refractivity contribution in [3.63, 3.8) is 0 Å². The Labute approximate surface area is 103 Å². The van der Waals surface area contributed by atoms with Gasteiger partial charge in [-0.1, -0.05) is 43.2 Å². The second-order valence-electron chi connectivity index (χ2n) is 5.13. The number of rotatable bonds is 2. The highest BCUT2D eigenvalue weighted by molar-refractivity contribution is 6.01. The molecule has 1 heteroatoms. The van der Waals surface area contributed by atoms with Crippen molar-refractivity contribution in [2.45, 2.75) is 38.5 Å². The van der Waals surface area contributed by atoms with E-state index in [9.17, 15) is 0 Å². The maximum absolute atomic E-state index is 4.68. The van der Waals surface area contributed by atoms with Gasteiger partial charge in [-0.05, 0) is 42.7 Å². The predicted octanol–water partition coefficient (Wildman–Crippen LogP) is 4.34. The van der Waals surface area contributed by atoms with Crippen molar-refractivity contribution in [1.29, 1.82) is 0 Å². The van der Waals surface area contributed by atoms with Crippen LogP contribution in [0.2, 0.25) is 0 Å². The molecule has 17 heavy (non-hydrogen) atoms. The fraction of sp³-hybridized carbons (Fsp3) is 0.438. The maximum Gasteiger partial charge on any atom is 0.0479 e. The summed E-state index contributed by atoms with van der Waals surface area (Å²) in [7, 11) is 0. The van der Waals surface area contributed by atoms with E-state index in [2.05, 4.69) is 41.5 Å². The van der Waals surface area contributed by atoms with Crippen LogP contribution in [0.25, 0.3) is 0 Å². The van der Waals surface area contributed by atoms with Crippen LogP contribution in [0.4, 0.5) is 0 Å². The fourth-order valence-corrected chi connectivity index (χ4v) is 3.01. The monoisotopic (exact) mass is 225 g/mol. The molecule has 1 saturated carbocycles. The predicted molar refractivity (Wildman–Crippen MR) is 72.3 cm³/mol. The van der Waals surface area contributed by atoms with E-state index < -0.39 is 0 Å². The summed E-state index contributed by atoms with van der Waals surface area (Å²) in [5.74, 6) is 0.844. The summed E-state index contributed by atoms with van der Waals surface area (Å²) < 4.78 is 0. The minimum absolute atomic E-state index is 0.844. The summed E-state index contributed by atoms with van der Waals surface area (Å²) >= 11 is 0. The van der Waals surface area contributed by atoms with Gasteiger partial charge in [0.05, 0.1) is 0 Å². The zero-order chi connectivity index (χ0) is 11.5. The van der Waals surface area contributed by atoms with Gasteiger partial charge >= 0.3 is 0 Å². The second kappa shape index (κ2) is 4.87. The summed E-state index contributed by atoms with van der Waals surface area (Å²) in [5.41, 5.74) is 4.14. The maximum atomic E-state index is 4.68. The highest BCUT2D eigenvalue weighted by Crippen LogP contribution is 2.34. The molecule has 0 N–H and O–H groups in total. The summed E-state index contributed by atoms with van der Waals surface area (Å²) in [6, 6.07) is 10.6. The van der Waals surface area contributed by atoms with Gasteiger partial charge in [-0.3, -0.25) is 4.99 Å². The Balaban J connectivity index is 1.78. The molecule has 1 aliphatic heterocycles. The van der Waals surface area contributed by atoms with Gasteiger partial charge in [0.2, 0.25) is 0 Å². The van der Waals surface area contributed by atoms with Crippen LogP contribution in [-0.2, 0) is 0 Å². The first-order chi connectivity index (χ1) is 8.43. The molecule has 0 amide bonds. The third-order valence-corrected chi connectivity index (χ3v) is 4.02. The third kappa shape index (κ3) is 2.33. The van der Waals surface area contributed by atoms with Crippen molar-refractivity contribution >= 4 is 5.71 Å². The molecule has 0 aromatic heterocycles. The first-order valence-electron chi connectivity index (χ1n) is 6.74. The smallest absolute Gasteiger partial charge is 0.0479 e. The zero-order valence-electron chi connectivity index (χ0n) is 10.2. The lowest BCUT2D eigenvalue weighted by Gasteiger charge is -2.18. The van der Waals surface area contributed by atoms with Crippen molar-refractivity contribution < 1.29 is 0 Å². The number of aliphatic imine (C=N–C) groups is 1. The van der Waals surface area contributed by atoms with E-state index in [-0.39, 0.29) is 0 Å². The lowest BCUT2D eigenvalue weighted by Crippen LogP contribution is -2.09. The average molecular weight is 225 g/mol. The first kappa shape index (κ1) is 10.8. The van der Waals surface area contributed by atoms with Gasteiger partial charge in [0.15, 0.2) is 0 Å². The van der Waals surface area contributed by atoms with Crippen molar-refractivity contribution in [1.82, 2.24) is 0 Å². The molecule has 0 spiro atoms. The molecule has 0 bridgehead atoms. The van der Waals surface area contributed by atoms with Gasteiger partial charge in [-0.25, -0.2) is 0 Å². The molecule has 1 fully saturated rings. The first-order valence-corrected chi connectivity index (χ1v) is 6.74. The molecule has 1 aromatic rings. The second-order valence-corrected chi connectivity index (χ2v) is 5.13. The Bertz CT molecular complexity index is 436.